The summed E-state index contributed by atoms with van der Waals surface area (Å²) in [5.41, 5.74) is 1.54. The average molecular weight is 329 g/mol. The second-order valence-electron chi connectivity index (χ2n) is 4.07. The largest absolute Gasteiger partial charge is 0.358 e. The van der Waals surface area contributed by atoms with E-state index in [1.54, 1.807) is 24.3 Å². The molecule has 2 nitrogen and oxygen atoms in total. The normalized spacial score (nSPS) is 10.2. The molecule has 0 aliphatic carbocycles. The quantitative estimate of drug-likeness (QED) is 0.804. The Morgan fingerprint density at radius 2 is 1.90 bits per heavy atom. The number of anilines is 1. The minimum atomic E-state index is -0.271. The number of thiocarbonyl (C=S) groups is 1. The van der Waals surface area contributed by atoms with Crippen molar-refractivity contribution in [2.75, 3.05) is 5.32 Å². The van der Waals surface area contributed by atoms with Crippen LogP contribution in [0.2, 0.25) is 10.0 Å². The molecule has 6 heteroatoms. The van der Waals surface area contributed by atoms with E-state index in [-0.39, 0.29) is 5.82 Å². The highest BCUT2D eigenvalue weighted by atomic mass is 35.5. The van der Waals surface area contributed by atoms with E-state index in [9.17, 15) is 4.39 Å². The van der Waals surface area contributed by atoms with Crippen LogP contribution in [0.4, 0.5) is 10.1 Å². The van der Waals surface area contributed by atoms with Gasteiger partial charge in [0.1, 0.15) is 5.82 Å². The second-order valence-corrected chi connectivity index (χ2v) is 5.29. The van der Waals surface area contributed by atoms with Crippen molar-refractivity contribution in [2.45, 2.75) is 6.54 Å². The molecule has 0 saturated carbocycles. The molecule has 0 amide bonds. The highest BCUT2D eigenvalue weighted by molar-refractivity contribution is 7.80. The molecular formula is C14H11Cl2FN2S. The van der Waals surface area contributed by atoms with Crippen molar-refractivity contribution in [3.8, 4) is 0 Å². The summed E-state index contributed by atoms with van der Waals surface area (Å²) in [6.07, 6.45) is 0. The zero-order valence-electron chi connectivity index (χ0n) is 10.3. The highest BCUT2D eigenvalue weighted by Gasteiger charge is 2.02. The van der Waals surface area contributed by atoms with E-state index < -0.39 is 0 Å². The van der Waals surface area contributed by atoms with Crippen LogP contribution in [0.5, 0.6) is 0 Å². The first-order valence-electron chi connectivity index (χ1n) is 5.79. The summed E-state index contributed by atoms with van der Waals surface area (Å²) < 4.78 is 13.0. The Bertz CT molecular complexity index is 634. The van der Waals surface area contributed by atoms with Crippen LogP contribution in [0.25, 0.3) is 0 Å². The zero-order chi connectivity index (χ0) is 14.5. The maximum Gasteiger partial charge on any atom is 0.171 e. The third-order valence-electron chi connectivity index (χ3n) is 2.52. The molecule has 2 rings (SSSR count). The van der Waals surface area contributed by atoms with Crippen LogP contribution in [0.3, 0.4) is 0 Å². The summed E-state index contributed by atoms with van der Waals surface area (Å²) in [5, 5.41) is 7.32. The van der Waals surface area contributed by atoms with Gasteiger partial charge < -0.3 is 10.6 Å². The Kier molecular flexibility index (Phi) is 5.17. The van der Waals surface area contributed by atoms with Gasteiger partial charge in [-0.15, -0.1) is 0 Å². The summed E-state index contributed by atoms with van der Waals surface area (Å²) in [6.45, 7) is 0.435. The van der Waals surface area contributed by atoms with Crippen LogP contribution >= 0.6 is 35.4 Å². The van der Waals surface area contributed by atoms with Crippen molar-refractivity contribution in [2.24, 2.45) is 0 Å². The number of benzene rings is 2. The fourth-order valence-electron chi connectivity index (χ4n) is 1.58. The Morgan fingerprint density at radius 1 is 1.10 bits per heavy atom. The van der Waals surface area contributed by atoms with Gasteiger partial charge in [0.15, 0.2) is 5.11 Å². The van der Waals surface area contributed by atoms with Gasteiger partial charge in [-0.2, -0.15) is 0 Å². The number of nitrogens with one attached hydrogen (secondary N) is 2. The van der Waals surface area contributed by atoms with E-state index in [1.807, 2.05) is 6.07 Å². The predicted molar refractivity (Wildman–Crippen MR) is 85.9 cm³/mol. The minimum Gasteiger partial charge on any atom is -0.358 e. The molecular weight excluding hydrogens is 318 g/mol. The maximum atomic E-state index is 13.0. The third-order valence-corrected chi connectivity index (χ3v) is 3.50. The van der Waals surface area contributed by atoms with Crippen LogP contribution in [0, 0.1) is 5.82 Å². The number of halogens is 3. The molecule has 0 bridgehead atoms. The summed E-state index contributed by atoms with van der Waals surface area (Å²) in [6, 6.07) is 11.5. The Balaban J connectivity index is 1.91. The van der Waals surface area contributed by atoms with Crippen molar-refractivity contribution in [1.82, 2.24) is 5.32 Å². The third kappa shape index (κ3) is 4.34. The number of hydrogen-bond acceptors (Lipinski definition) is 1. The van der Waals surface area contributed by atoms with Crippen molar-refractivity contribution in [3.63, 3.8) is 0 Å². The molecule has 0 heterocycles. The summed E-state index contributed by atoms with van der Waals surface area (Å²) >= 11 is 16.9. The molecule has 104 valence electrons. The first-order chi connectivity index (χ1) is 9.54. The predicted octanol–water partition coefficient (Wildman–Crippen LogP) is 4.62. The molecule has 0 fully saturated rings. The van der Waals surface area contributed by atoms with Crippen molar-refractivity contribution < 1.29 is 4.39 Å². The molecule has 0 saturated heterocycles. The van der Waals surface area contributed by atoms with Gasteiger partial charge in [0.05, 0.1) is 10.0 Å². The monoisotopic (exact) mass is 328 g/mol. The summed E-state index contributed by atoms with van der Waals surface area (Å²) in [7, 11) is 0. The average Bonchev–Trinajstić information content (AvgIpc) is 2.41. The van der Waals surface area contributed by atoms with E-state index in [4.69, 9.17) is 35.4 Å². The molecule has 0 atom stereocenters. The Labute approximate surface area is 131 Å². The van der Waals surface area contributed by atoms with E-state index in [1.165, 1.54) is 12.1 Å². The Morgan fingerprint density at radius 3 is 2.60 bits per heavy atom. The van der Waals surface area contributed by atoms with Crippen molar-refractivity contribution >= 4 is 46.2 Å². The molecule has 0 spiro atoms. The smallest absolute Gasteiger partial charge is 0.171 e. The standard InChI is InChI=1S/C14H11Cl2FN2S/c15-12-5-4-11(7-13(12)16)19-14(20)18-8-9-2-1-3-10(17)6-9/h1-7H,8H2,(H2,18,19,20). The fourth-order valence-corrected chi connectivity index (χ4v) is 2.07. The van der Waals surface area contributed by atoms with Gasteiger partial charge in [0, 0.05) is 12.2 Å². The van der Waals surface area contributed by atoms with Crippen LogP contribution in [0.15, 0.2) is 42.5 Å². The van der Waals surface area contributed by atoms with Crippen LogP contribution < -0.4 is 10.6 Å². The first-order valence-corrected chi connectivity index (χ1v) is 6.95. The van der Waals surface area contributed by atoms with Crippen LogP contribution in [0.1, 0.15) is 5.56 Å². The van der Waals surface area contributed by atoms with Crippen LogP contribution in [-0.2, 0) is 6.54 Å². The summed E-state index contributed by atoms with van der Waals surface area (Å²) in [5.74, 6) is -0.271. The number of rotatable bonds is 3. The first kappa shape index (κ1) is 15.0. The lowest BCUT2D eigenvalue weighted by atomic mass is 10.2. The molecule has 0 aliphatic rings. The molecule has 0 radical (unpaired) electrons. The van der Waals surface area contributed by atoms with Gasteiger partial charge in [-0.3, -0.25) is 0 Å². The summed E-state index contributed by atoms with van der Waals surface area (Å²) in [4.78, 5) is 0. The van der Waals surface area contributed by atoms with Gasteiger partial charge in [-0.25, -0.2) is 4.39 Å². The Hall–Kier alpha value is -1.36. The van der Waals surface area contributed by atoms with Crippen molar-refractivity contribution in [3.05, 3.63) is 63.9 Å². The molecule has 0 aromatic heterocycles. The molecule has 20 heavy (non-hydrogen) atoms. The molecule has 0 aliphatic heterocycles. The van der Waals surface area contributed by atoms with Gasteiger partial charge in [0.25, 0.3) is 0 Å². The molecule has 0 unspecified atom stereocenters. The van der Waals surface area contributed by atoms with E-state index >= 15 is 0 Å². The molecule has 2 aromatic rings. The lowest BCUT2D eigenvalue weighted by Gasteiger charge is -2.11. The number of hydrogen-bond donors (Lipinski definition) is 2. The van der Waals surface area contributed by atoms with Gasteiger partial charge in [0.2, 0.25) is 0 Å². The van der Waals surface area contributed by atoms with Crippen molar-refractivity contribution in [1.29, 1.82) is 0 Å². The van der Waals surface area contributed by atoms with Gasteiger partial charge >= 0.3 is 0 Å². The van der Waals surface area contributed by atoms with Gasteiger partial charge in [-0.05, 0) is 48.1 Å². The molecule has 2 aromatic carbocycles. The van der Waals surface area contributed by atoms with Crippen LogP contribution in [-0.4, -0.2) is 5.11 Å². The highest BCUT2D eigenvalue weighted by Crippen LogP contribution is 2.24. The van der Waals surface area contributed by atoms with E-state index in [0.29, 0.717) is 21.7 Å². The molecule has 2 N–H and O–H groups in total. The van der Waals surface area contributed by atoms with E-state index in [2.05, 4.69) is 10.6 Å². The van der Waals surface area contributed by atoms with Gasteiger partial charge in [-0.1, -0.05) is 35.3 Å². The topological polar surface area (TPSA) is 24.1 Å². The lowest BCUT2D eigenvalue weighted by molar-refractivity contribution is 0.625. The fraction of sp³-hybridized carbons (Fsp3) is 0.0714. The van der Waals surface area contributed by atoms with E-state index in [0.717, 1.165) is 11.3 Å². The minimum absolute atomic E-state index is 0.271. The SMILES string of the molecule is Fc1cccc(CNC(=S)Nc2ccc(Cl)c(Cl)c2)c1. The zero-order valence-corrected chi connectivity index (χ0v) is 12.6. The lowest BCUT2D eigenvalue weighted by Crippen LogP contribution is -2.27. The second kappa shape index (κ2) is 6.88. The maximum absolute atomic E-state index is 13.0.